The third-order valence-electron chi connectivity index (χ3n) is 4.60. The molecule has 1 saturated heterocycles. The number of hydrogen-bond acceptors (Lipinski definition) is 2. The molecule has 1 atom stereocenters. The number of amides is 2. The largest absolute Gasteiger partial charge is 0.343 e. The Morgan fingerprint density at radius 2 is 1.84 bits per heavy atom. The lowest BCUT2D eigenvalue weighted by Crippen LogP contribution is -2.40. The summed E-state index contributed by atoms with van der Waals surface area (Å²) in [6, 6.07) is 0.399. The maximum Gasteiger partial charge on any atom is 0.227 e. The lowest BCUT2D eigenvalue weighted by Gasteiger charge is -2.31. The van der Waals surface area contributed by atoms with Crippen LogP contribution < -0.4 is 0 Å². The molecule has 108 valence electrons. The normalized spacial score (nSPS) is 24.8. The van der Waals surface area contributed by atoms with Crippen molar-refractivity contribution >= 4 is 11.8 Å². The molecule has 0 aromatic heterocycles. The number of carbonyl (C=O) groups is 2. The molecular formula is C15H26N2O2. The van der Waals surface area contributed by atoms with Gasteiger partial charge in [-0.2, -0.15) is 0 Å². The van der Waals surface area contributed by atoms with Crippen LogP contribution in [0, 0.1) is 5.92 Å². The van der Waals surface area contributed by atoms with E-state index in [-0.39, 0.29) is 17.7 Å². The molecule has 1 heterocycles. The molecule has 1 saturated carbocycles. The molecule has 4 heteroatoms. The van der Waals surface area contributed by atoms with E-state index in [0.717, 1.165) is 25.9 Å². The highest BCUT2D eigenvalue weighted by Crippen LogP contribution is 2.29. The quantitative estimate of drug-likeness (QED) is 0.781. The minimum atomic E-state index is -0.102. The zero-order valence-corrected chi connectivity index (χ0v) is 12.2. The lowest BCUT2D eigenvalue weighted by molar-refractivity contribution is -0.135. The first-order valence-electron chi connectivity index (χ1n) is 7.75. The van der Waals surface area contributed by atoms with Crippen molar-refractivity contribution in [2.45, 2.75) is 58.4 Å². The molecule has 0 radical (unpaired) electrons. The zero-order chi connectivity index (χ0) is 13.8. The molecule has 2 rings (SSSR count). The van der Waals surface area contributed by atoms with Crippen LogP contribution in [0.5, 0.6) is 0 Å². The highest BCUT2D eigenvalue weighted by molar-refractivity contribution is 5.89. The van der Waals surface area contributed by atoms with E-state index in [0.29, 0.717) is 19.0 Å². The van der Waals surface area contributed by atoms with E-state index < -0.39 is 0 Å². The highest BCUT2D eigenvalue weighted by atomic mass is 16.2. The lowest BCUT2D eigenvalue weighted by atomic mass is 9.94. The van der Waals surface area contributed by atoms with E-state index in [9.17, 15) is 9.59 Å². The molecule has 0 bridgehead atoms. The van der Waals surface area contributed by atoms with Crippen molar-refractivity contribution in [3.8, 4) is 0 Å². The number of carbonyl (C=O) groups excluding carboxylic acids is 2. The van der Waals surface area contributed by atoms with Gasteiger partial charge in [-0.1, -0.05) is 19.3 Å². The smallest absolute Gasteiger partial charge is 0.227 e. The fourth-order valence-corrected chi connectivity index (χ4v) is 3.44. The molecule has 2 amide bonds. The summed E-state index contributed by atoms with van der Waals surface area (Å²) in [5, 5.41) is 0. The van der Waals surface area contributed by atoms with Gasteiger partial charge in [0.05, 0.1) is 5.92 Å². The van der Waals surface area contributed by atoms with Gasteiger partial charge in [0.2, 0.25) is 11.8 Å². The van der Waals surface area contributed by atoms with Crippen molar-refractivity contribution in [1.29, 1.82) is 0 Å². The van der Waals surface area contributed by atoms with Crippen LogP contribution in [0.15, 0.2) is 0 Å². The van der Waals surface area contributed by atoms with E-state index in [1.807, 2.05) is 23.6 Å². The highest BCUT2D eigenvalue weighted by Gasteiger charge is 2.39. The number of hydrogen-bond donors (Lipinski definition) is 0. The number of likely N-dealkylation sites (tertiary alicyclic amines) is 1. The minimum Gasteiger partial charge on any atom is -0.343 e. The Kier molecular flexibility index (Phi) is 4.83. The number of nitrogens with zero attached hydrogens (tertiary/aromatic N) is 2. The minimum absolute atomic E-state index is 0.102. The Balaban J connectivity index is 1.96. The first kappa shape index (κ1) is 14.4. The Labute approximate surface area is 116 Å². The SMILES string of the molecule is CCN(CC)C(=O)C1CC(=O)N(C2CCCCC2)C1. The summed E-state index contributed by atoms with van der Waals surface area (Å²) < 4.78 is 0. The standard InChI is InChI=1S/C15H26N2O2/c1-3-16(4-2)15(19)12-10-14(18)17(11-12)13-8-6-5-7-9-13/h12-13H,3-11H2,1-2H3. The third kappa shape index (κ3) is 3.10. The first-order chi connectivity index (χ1) is 9.17. The topological polar surface area (TPSA) is 40.6 Å². The molecule has 0 aromatic carbocycles. The summed E-state index contributed by atoms with van der Waals surface area (Å²) in [5.74, 6) is 0.253. The molecule has 4 nitrogen and oxygen atoms in total. The Bertz CT molecular complexity index is 333. The van der Waals surface area contributed by atoms with Gasteiger partial charge in [0.15, 0.2) is 0 Å². The van der Waals surface area contributed by atoms with Gasteiger partial charge in [0.25, 0.3) is 0 Å². The van der Waals surface area contributed by atoms with Crippen LogP contribution in [-0.4, -0.2) is 47.3 Å². The van der Waals surface area contributed by atoms with E-state index in [2.05, 4.69) is 0 Å². The van der Waals surface area contributed by atoms with E-state index in [1.54, 1.807) is 0 Å². The van der Waals surface area contributed by atoms with Gasteiger partial charge >= 0.3 is 0 Å². The zero-order valence-electron chi connectivity index (χ0n) is 12.2. The van der Waals surface area contributed by atoms with Gasteiger partial charge in [-0.3, -0.25) is 9.59 Å². The van der Waals surface area contributed by atoms with Gasteiger partial charge in [0, 0.05) is 32.1 Å². The summed E-state index contributed by atoms with van der Waals surface area (Å²) in [7, 11) is 0. The second kappa shape index (κ2) is 6.40. The van der Waals surface area contributed by atoms with Gasteiger partial charge in [0.1, 0.15) is 0 Å². The molecule has 0 aromatic rings. The van der Waals surface area contributed by atoms with Crippen LogP contribution in [-0.2, 0) is 9.59 Å². The van der Waals surface area contributed by atoms with Crippen LogP contribution in [0.4, 0.5) is 0 Å². The fraction of sp³-hybridized carbons (Fsp3) is 0.867. The monoisotopic (exact) mass is 266 g/mol. The van der Waals surface area contributed by atoms with Crippen LogP contribution >= 0.6 is 0 Å². The molecule has 0 N–H and O–H groups in total. The first-order valence-corrected chi connectivity index (χ1v) is 7.75. The van der Waals surface area contributed by atoms with E-state index in [1.165, 1.54) is 19.3 Å². The molecular weight excluding hydrogens is 240 g/mol. The van der Waals surface area contributed by atoms with Crippen molar-refractivity contribution in [3.05, 3.63) is 0 Å². The van der Waals surface area contributed by atoms with Gasteiger partial charge < -0.3 is 9.80 Å². The molecule has 2 aliphatic rings. The Morgan fingerprint density at radius 3 is 2.42 bits per heavy atom. The maximum atomic E-state index is 12.3. The van der Waals surface area contributed by atoms with Crippen LogP contribution in [0.25, 0.3) is 0 Å². The summed E-state index contributed by atoms with van der Waals surface area (Å²) in [6.45, 7) is 6.12. The van der Waals surface area contributed by atoms with Gasteiger partial charge in [-0.05, 0) is 26.7 Å². The van der Waals surface area contributed by atoms with Crippen molar-refractivity contribution in [1.82, 2.24) is 9.80 Å². The average molecular weight is 266 g/mol. The Morgan fingerprint density at radius 1 is 1.21 bits per heavy atom. The van der Waals surface area contributed by atoms with E-state index in [4.69, 9.17) is 0 Å². The van der Waals surface area contributed by atoms with Gasteiger partial charge in [-0.15, -0.1) is 0 Å². The maximum absolute atomic E-state index is 12.3. The van der Waals surface area contributed by atoms with Crippen molar-refractivity contribution in [2.24, 2.45) is 5.92 Å². The van der Waals surface area contributed by atoms with Crippen LogP contribution in [0.2, 0.25) is 0 Å². The molecule has 19 heavy (non-hydrogen) atoms. The van der Waals surface area contributed by atoms with Crippen LogP contribution in [0.1, 0.15) is 52.4 Å². The molecule has 1 aliphatic heterocycles. The second-order valence-corrected chi connectivity index (χ2v) is 5.75. The van der Waals surface area contributed by atoms with Crippen molar-refractivity contribution in [3.63, 3.8) is 0 Å². The fourth-order valence-electron chi connectivity index (χ4n) is 3.44. The summed E-state index contributed by atoms with van der Waals surface area (Å²) in [4.78, 5) is 28.3. The predicted octanol–water partition coefficient (Wildman–Crippen LogP) is 2.04. The number of rotatable bonds is 4. The second-order valence-electron chi connectivity index (χ2n) is 5.75. The summed E-state index contributed by atoms with van der Waals surface area (Å²) in [5.41, 5.74) is 0. The summed E-state index contributed by atoms with van der Waals surface area (Å²) in [6.07, 6.45) is 6.41. The average Bonchev–Trinajstić information content (AvgIpc) is 2.83. The van der Waals surface area contributed by atoms with E-state index >= 15 is 0 Å². The van der Waals surface area contributed by atoms with Crippen molar-refractivity contribution in [2.75, 3.05) is 19.6 Å². The van der Waals surface area contributed by atoms with Crippen LogP contribution in [0.3, 0.4) is 0 Å². The molecule has 1 aliphatic carbocycles. The molecule has 1 unspecified atom stereocenters. The Hall–Kier alpha value is -1.06. The molecule has 0 spiro atoms. The van der Waals surface area contributed by atoms with Crippen molar-refractivity contribution < 1.29 is 9.59 Å². The predicted molar refractivity (Wildman–Crippen MR) is 74.6 cm³/mol. The third-order valence-corrected chi connectivity index (χ3v) is 4.60. The summed E-state index contributed by atoms with van der Waals surface area (Å²) >= 11 is 0. The molecule has 2 fully saturated rings. The van der Waals surface area contributed by atoms with Gasteiger partial charge in [-0.25, -0.2) is 0 Å².